The van der Waals surface area contributed by atoms with Crippen molar-refractivity contribution in [3.8, 4) is 0 Å². The van der Waals surface area contributed by atoms with Gasteiger partial charge in [-0.15, -0.1) is 0 Å². The highest BCUT2D eigenvalue weighted by molar-refractivity contribution is 6.02. The van der Waals surface area contributed by atoms with Crippen molar-refractivity contribution in [1.29, 1.82) is 0 Å². The lowest BCUT2D eigenvalue weighted by Gasteiger charge is -2.37. The van der Waals surface area contributed by atoms with E-state index >= 15 is 0 Å². The Hall–Kier alpha value is -2.55. The molecule has 2 aromatic carbocycles. The van der Waals surface area contributed by atoms with Gasteiger partial charge in [0.2, 0.25) is 0 Å². The van der Waals surface area contributed by atoms with Crippen molar-refractivity contribution in [2.24, 2.45) is 5.10 Å². The van der Waals surface area contributed by atoms with E-state index in [1.807, 2.05) is 18.2 Å². The largest absolute Gasteiger partial charge is 0.347 e. The Morgan fingerprint density at radius 3 is 2.70 bits per heavy atom. The lowest BCUT2D eigenvalue weighted by atomic mass is 10.00. The third-order valence-electron chi connectivity index (χ3n) is 3.83. The first kappa shape index (κ1) is 11.3. The first-order valence-corrected chi connectivity index (χ1v) is 6.82. The van der Waals surface area contributed by atoms with E-state index in [0.717, 1.165) is 12.3 Å². The van der Waals surface area contributed by atoms with E-state index in [2.05, 4.69) is 64.1 Å². The zero-order valence-electron chi connectivity index (χ0n) is 11.0. The zero-order chi connectivity index (χ0) is 13.4. The molecule has 0 radical (unpaired) electrons. The SMILES string of the molecule is C1=CN2CC(c3ccccc3)=NNC2c2ccccc21. The summed E-state index contributed by atoms with van der Waals surface area (Å²) in [4.78, 5) is 2.29. The van der Waals surface area contributed by atoms with Crippen molar-refractivity contribution in [3.63, 3.8) is 0 Å². The summed E-state index contributed by atoms with van der Waals surface area (Å²) in [6.45, 7) is 0.826. The Kier molecular flexibility index (Phi) is 2.56. The van der Waals surface area contributed by atoms with Gasteiger partial charge in [0.1, 0.15) is 6.17 Å². The first-order chi connectivity index (χ1) is 9.92. The van der Waals surface area contributed by atoms with Gasteiger partial charge in [-0.05, 0) is 17.2 Å². The number of benzene rings is 2. The maximum Gasteiger partial charge on any atom is 0.142 e. The molecular weight excluding hydrogens is 246 g/mol. The van der Waals surface area contributed by atoms with Crippen molar-refractivity contribution in [2.75, 3.05) is 6.54 Å². The highest BCUT2D eigenvalue weighted by Gasteiger charge is 2.27. The van der Waals surface area contributed by atoms with Crippen LogP contribution in [0.3, 0.4) is 0 Å². The van der Waals surface area contributed by atoms with Crippen LogP contribution in [-0.2, 0) is 0 Å². The highest BCUT2D eigenvalue weighted by Crippen LogP contribution is 2.30. The third kappa shape index (κ3) is 1.79. The molecule has 2 aromatic rings. The second-order valence-electron chi connectivity index (χ2n) is 5.07. The third-order valence-corrected chi connectivity index (χ3v) is 3.83. The van der Waals surface area contributed by atoms with Crippen LogP contribution < -0.4 is 5.43 Å². The number of rotatable bonds is 1. The molecule has 98 valence electrons. The Morgan fingerprint density at radius 1 is 1.00 bits per heavy atom. The number of nitrogens with one attached hydrogen (secondary N) is 1. The van der Waals surface area contributed by atoms with Gasteiger partial charge in [0.25, 0.3) is 0 Å². The normalized spacial score (nSPS) is 19.7. The van der Waals surface area contributed by atoms with E-state index in [4.69, 9.17) is 0 Å². The molecule has 2 aliphatic rings. The topological polar surface area (TPSA) is 27.6 Å². The first-order valence-electron chi connectivity index (χ1n) is 6.82. The van der Waals surface area contributed by atoms with Crippen LogP contribution in [0, 0.1) is 0 Å². The summed E-state index contributed by atoms with van der Waals surface area (Å²) in [6.07, 6.45) is 4.46. The Morgan fingerprint density at radius 2 is 1.80 bits per heavy atom. The van der Waals surface area contributed by atoms with E-state index < -0.39 is 0 Å². The fourth-order valence-electron chi connectivity index (χ4n) is 2.77. The molecule has 0 aliphatic carbocycles. The molecule has 0 spiro atoms. The molecule has 1 unspecified atom stereocenters. The lowest BCUT2D eigenvalue weighted by molar-refractivity contribution is 0.249. The molecule has 0 saturated carbocycles. The highest BCUT2D eigenvalue weighted by atomic mass is 15.4. The zero-order valence-corrected chi connectivity index (χ0v) is 11.0. The fraction of sp³-hybridized carbons (Fsp3) is 0.118. The molecule has 0 amide bonds. The van der Waals surface area contributed by atoms with Gasteiger partial charge < -0.3 is 4.90 Å². The van der Waals surface area contributed by atoms with Crippen LogP contribution in [0.2, 0.25) is 0 Å². The van der Waals surface area contributed by atoms with Gasteiger partial charge in [-0.3, -0.25) is 5.43 Å². The van der Waals surface area contributed by atoms with Gasteiger partial charge in [-0.1, -0.05) is 54.6 Å². The van der Waals surface area contributed by atoms with Crippen molar-refractivity contribution in [2.45, 2.75) is 6.17 Å². The average molecular weight is 261 g/mol. The van der Waals surface area contributed by atoms with E-state index in [1.54, 1.807) is 0 Å². The predicted octanol–water partition coefficient (Wildman–Crippen LogP) is 2.98. The summed E-state index contributed by atoms with van der Waals surface area (Å²) in [6, 6.07) is 18.8. The number of hydrogen-bond donors (Lipinski definition) is 1. The molecule has 2 aliphatic heterocycles. The van der Waals surface area contributed by atoms with Crippen molar-refractivity contribution < 1.29 is 0 Å². The monoisotopic (exact) mass is 261 g/mol. The van der Waals surface area contributed by atoms with E-state index in [1.165, 1.54) is 16.7 Å². The molecule has 4 rings (SSSR count). The predicted molar refractivity (Wildman–Crippen MR) is 81.0 cm³/mol. The Bertz CT molecular complexity index is 688. The summed E-state index contributed by atoms with van der Waals surface area (Å²) in [7, 11) is 0. The van der Waals surface area contributed by atoms with Crippen molar-refractivity contribution in [1.82, 2.24) is 10.3 Å². The maximum atomic E-state index is 4.57. The van der Waals surface area contributed by atoms with Crippen LogP contribution in [0.4, 0.5) is 0 Å². The van der Waals surface area contributed by atoms with Crippen molar-refractivity contribution in [3.05, 3.63) is 77.5 Å². The molecule has 0 bridgehead atoms. The Balaban J connectivity index is 1.69. The molecule has 3 nitrogen and oxygen atoms in total. The second-order valence-corrected chi connectivity index (χ2v) is 5.07. The van der Waals surface area contributed by atoms with Crippen molar-refractivity contribution >= 4 is 11.8 Å². The number of fused-ring (bicyclic) bond motifs is 3. The summed E-state index contributed by atoms with van der Waals surface area (Å²) < 4.78 is 0. The Labute approximate surface area is 118 Å². The molecule has 2 heterocycles. The molecule has 3 heteroatoms. The van der Waals surface area contributed by atoms with Crippen LogP contribution in [0.25, 0.3) is 6.08 Å². The summed E-state index contributed by atoms with van der Waals surface area (Å²) in [5, 5.41) is 4.57. The molecule has 0 aromatic heterocycles. The molecular formula is C17H15N3. The minimum absolute atomic E-state index is 0.142. The minimum Gasteiger partial charge on any atom is -0.347 e. The van der Waals surface area contributed by atoms with Gasteiger partial charge >= 0.3 is 0 Å². The fourth-order valence-corrected chi connectivity index (χ4v) is 2.77. The number of nitrogens with zero attached hydrogens (tertiary/aromatic N) is 2. The number of hydrazone groups is 1. The van der Waals surface area contributed by atoms with Gasteiger partial charge in [-0.2, -0.15) is 5.10 Å². The summed E-state index contributed by atoms with van der Waals surface area (Å²) in [5.41, 5.74) is 8.08. The number of hydrogen-bond acceptors (Lipinski definition) is 3. The van der Waals surface area contributed by atoms with E-state index in [-0.39, 0.29) is 6.17 Å². The van der Waals surface area contributed by atoms with Crippen LogP contribution in [0.1, 0.15) is 22.9 Å². The molecule has 0 fully saturated rings. The van der Waals surface area contributed by atoms with Gasteiger partial charge in [-0.25, -0.2) is 0 Å². The van der Waals surface area contributed by atoms with Gasteiger partial charge in [0.15, 0.2) is 0 Å². The van der Waals surface area contributed by atoms with Gasteiger partial charge in [0.05, 0.1) is 12.3 Å². The van der Waals surface area contributed by atoms with E-state index in [0.29, 0.717) is 0 Å². The van der Waals surface area contributed by atoms with Gasteiger partial charge in [0, 0.05) is 11.8 Å². The maximum absolute atomic E-state index is 4.57. The van der Waals surface area contributed by atoms with E-state index in [9.17, 15) is 0 Å². The molecule has 1 N–H and O–H groups in total. The molecule has 0 saturated heterocycles. The van der Waals surface area contributed by atoms with Crippen LogP contribution in [0.15, 0.2) is 65.9 Å². The van der Waals surface area contributed by atoms with Crippen LogP contribution >= 0.6 is 0 Å². The second kappa shape index (κ2) is 4.53. The summed E-state index contributed by atoms with van der Waals surface area (Å²) >= 11 is 0. The quantitative estimate of drug-likeness (QED) is 0.854. The lowest BCUT2D eigenvalue weighted by Crippen LogP contribution is -2.43. The average Bonchev–Trinajstić information content (AvgIpc) is 2.55. The molecule has 20 heavy (non-hydrogen) atoms. The van der Waals surface area contributed by atoms with Crippen LogP contribution in [0.5, 0.6) is 0 Å². The smallest absolute Gasteiger partial charge is 0.142 e. The minimum atomic E-state index is 0.142. The standard InChI is InChI=1S/C17H15N3/c1-2-7-14(8-3-1)16-12-20-11-10-13-6-4-5-9-15(13)17(20)19-18-16/h1-11,17,19H,12H2. The van der Waals surface area contributed by atoms with Crippen LogP contribution in [-0.4, -0.2) is 17.2 Å². The summed E-state index contributed by atoms with van der Waals surface area (Å²) in [5.74, 6) is 0. The molecule has 1 atom stereocenters.